The maximum Gasteiger partial charge on any atom is 0.222 e. The van der Waals surface area contributed by atoms with Gasteiger partial charge in [-0.05, 0) is 73.2 Å². The Morgan fingerprint density at radius 3 is 2.56 bits per heavy atom. The van der Waals surface area contributed by atoms with Crippen LogP contribution in [0.15, 0.2) is 54.9 Å². The molecule has 0 saturated heterocycles. The topological polar surface area (TPSA) is 44.2 Å². The van der Waals surface area contributed by atoms with Crippen LogP contribution in [0.2, 0.25) is 0 Å². The first-order valence-corrected chi connectivity index (χ1v) is 8.59. The highest BCUT2D eigenvalue weighted by molar-refractivity contribution is 5.70. The van der Waals surface area contributed by atoms with Gasteiger partial charge in [0.1, 0.15) is 11.4 Å². The van der Waals surface area contributed by atoms with Crippen molar-refractivity contribution in [3.05, 3.63) is 66.0 Å². The highest BCUT2D eigenvalue weighted by atomic mass is 16.5. The Hall–Kier alpha value is -2.88. The number of hydrogen-bond donors (Lipinski definition) is 0. The van der Waals surface area contributed by atoms with Crippen LogP contribution in [-0.4, -0.2) is 17.1 Å². The van der Waals surface area contributed by atoms with Crippen LogP contribution < -0.4 is 9.47 Å². The third-order valence-electron chi connectivity index (χ3n) is 4.54. The number of fused-ring (bicyclic) bond motifs is 1. The molecule has 0 amide bonds. The number of nitrogens with zero attached hydrogens (tertiary/aromatic N) is 2. The summed E-state index contributed by atoms with van der Waals surface area (Å²) in [7, 11) is 1.61. The lowest BCUT2D eigenvalue weighted by atomic mass is 9.92. The number of pyridine rings is 2. The summed E-state index contributed by atoms with van der Waals surface area (Å²) in [5.74, 6) is 2.08. The Labute approximate surface area is 147 Å². The fourth-order valence-electron chi connectivity index (χ4n) is 3.31. The van der Waals surface area contributed by atoms with E-state index < -0.39 is 0 Å². The highest BCUT2D eigenvalue weighted by Gasteiger charge is 2.15. The van der Waals surface area contributed by atoms with Crippen molar-refractivity contribution in [2.24, 2.45) is 0 Å². The largest absolute Gasteiger partial charge is 0.481 e. The molecule has 0 aliphatic heterocycles. The molecule has 3 aromatic rings. The number of hydrogen-bond acceptors (Lipinski definition) is 4. The van der Waals surface area contributed by atoms with Crippen LogP contribution >= 0.6 is 0 Å². The predicted molar refractivity (Wildman–Crippen MR) is 97.2 cm³/mol. The molecule has 4 heteroatoms. The molecular formula is C21H20N2O2. The molecule has 0 unspecified atom stereocenters. The van der Waals surface area contributed by atoms with Crippen molar-refractivity contribution >= 4 is 0 Å². The molecule has 0 saturated carbocycles. The average Bonchev–Trinajstić information content (AvgIpc) is 2.68. The van der Waals surface area contributed by atoms with Gasteiger partial charge in [-0.15, -0.1) is 0 Å². The Kier molecular flexibility index (Phi) is 4.34. The number of benzene rings is 1. The third kappa shape index (κ3) is 3.20. The summed E-state index contributed by atoms with van der Waals surface area (Å²) in [5, 5.41) is 0. The molecule has 0 spiro atoms. The fraction of sp³-hybridized carbons (Fsp3) is 0.238. The smallest absolute Gasteiger partial charge is 0.222 e. The molecule has 1 aromatic carbocycles. The van der Waals surface area contributed by atoms with Crippen LogP contribution in [0.1, 0.15) is 24.0 Å². The predicted octanol–water partition coefficient (Wildman–Crippen LogP) is 4.82. The van der Waals surface area contributed by atoms with Crippen molar-refractivity contribution in [1.29, 1.82) is 0 Å². The maximum atomic E-state index is 6.18. The van der Waals surface area contributed by atoms with Crippen molar-refractivity contribution < 1.29 is 9.47 Å². The van der Waals surface area contributed by atoms with Gasteiger partial charge >= 0.3 is 0 Å². The Bertz CT molecular complexity index is 893. The summed E-state index contributed by atoms with van der Waals surface area (Å²) in [6.45, 7) is 0. The molecule has 4 rings (SSSR count). The van der Waals surface area contributed by atoms with E-state index in [1.807, 2.05) is 30.3 Å². The molecular weight excluding hydrogens is 312 g/mol. The zero-order valence-corrected chi connectivity index (χ0v) is 14.2. The van der Waals surface area contributed by atoms with Crippen LogP contribution in [-0.2, 0) is 12.8 Å². The summed E-state index contributed by atoms with van der Waals surface area (Å²) in [6, 6.07) is 14.0. The second-order valence-corrected chi connectivity index (χ2v) is 6.15. The van der Waals surface area contributed by atoms with E-state index in [0.717, 1.165) is 23.4 Å². The molecule has 126 valence electrons. The van der Waals surface area contributed by atoms with Crippen molar-refractivity contribution in [2.45, 2.75) is 25.7 Å². The van der Waals surface area contributed by atoms with Crippen molar-refractivity contribution in [1.82, 2.24) is 9.97 Å². The van der Waals surface area contributed by atoms with E-state index in [4.69, 9.17) is 9.47 Å². The summed E-state index contributed by atoms with van der Waals surface area (Å²) >= 11 is 0. The van der Waals surface area contributed by atoms with Gasteiger partial charge in [0.25, 0.3) is 0 Å². The van der Waals surface area contributed by atoms with E-state index in [1.165, 1.54) is 30.4 Å². The lowest BCUT2D eigenvalue weighted by molar-refractivity contribution is 0.399. The van der Waals surface area contributed by atoms with E-state index in [0.29, 0.717) is 11.6 Å². The van der Waals surface area contributed by atoms with Gasteiger partial charge in [0.2, 0.25) is 5.88 Å². The summed E-state index contributed by atoms with van der Waals surface area (Å²) < 4.78 is 11.6. The monoisotopic (exact) mass is 332 g/mol. The van der Waals surface area contributed by atoms with Crippen LogP contribution in [0.4, 0.5) is 0 Å². The molecule has 0 radical (unpaired) electrons. The number of aromatic nitrogens is 2. The lowest BCUT2D eigenvalue weighted by Crippen LogP contribution is -2.02. The Morgan fingerprint density at radius 1 is 0.880 bits per heavy atom. The summed E-state index contributed by atoms with van der Waals surface area (Å²) in [5.41, 5.74) is 4.39. The van der Waals surface area contributed by atoms with Crippen molar-refractivity contribution in [3.8, 4) is 28.6 Å². The number of rotatable bonds is 4. The zero-order valence-electron chi connectivity index (χ0n) is 14.2. The molecule has 25 heavy (non-hydrogen) atoms. The first-order chi connectivity index (χ1) is 12.3. The summed E-state index contributed by atoms with van der Waals surface area (Å²) in [6.07, 6.45) is 8.28. The quantitative estimate of drug-likeness (QED) is 0.687. The number of ether oxygens (including phenoxy) is 2. The maximum absolute atomic E-state index is 6.18. The second kappa shape index (κ2) is 6.93. The number of aryl methyl sites for hydroxylation is 2. The average molecular weight is 332 g/mol. The third-order valence-corrected chi connectivity index (χ3v) is 4.54. The molecule has 2 aromatic heterocycles. The molecule has 0 bridgehead atoms. The Balaban J connectivity index is 1.70. The van der Waals surface area contributed by atoms with Gasteiger partial charge in [-0.3, -0.25) is 4.98 Å². The molecule has 0 fully saturated rings. The lowest BCUT2D eigenvalue weighted by Gasteiger charge is -2.17. The van der Waals surface area contributed by atoms with Gasteiger partial charge in [-0.1, -0.05) is 6.07 Å². The minimum absolute atomic E-state index is 0.538. The Morgan fingerprint density at radius 2 is 1.68 bits per heavy atom. The van der Waals surface area contributed by atoms with Gasteiger partial charge in [0.15, 0.2) is 5.75 Å². The zero-order chi connectivity index (χ0) is 17.1. The van der Waals surface area contributed by atoms with Crippen molar-refractivity contribution in [3.63, 3.8) is 0 Å². The summed E-state index contributed by atoms with van der Waals surface area (Å²) in [4.78, 5) is 8.76. The van der Waals surface area contributed by atoms with E-state index in [2.05, 4.69) is 22.1 Å². The van der Waals surface area contributed by atoms with Crippen LogP contribution in [0.3, 0.4) is 0 Å². The van der Waals surface area contributed by atoms with E-state index in [9.17, 15) is 0 Å². The molecule has 1 aliphatic carbocycles. The molecule has 0 N–H and O–H groups in total. The van der Waals surface area contributed by atoms with Gasteiger partial charge in [0.05, 0.1) is 12.7 Å². The van der Waals surface area contributed by atoms with E-state index in [-0.39, 0.29) is 0 Å². The van der Waals surface area contributed by atoms with E-state index >= 15 is 0 Å². The minimum Gasteiger partial charge on any atom is -0.481 e. The van der Waals surface area contributed by atoms with Crippen LogP contribution in [0.5, 0.6) is 17.4 Å². The normalized spacial score (nSPS) is 13.2. The first-order valence-electron chi connectivity index (χ1n) is 8.59. The fourth-order valence-corrected chi connectivity index (χ4v) is 3.31. The van der Waals surface area contributed by atoms with Gasteiger partial charge < -0.3 is 9.47 Å². The van der Waals surface area contributed by atoms with Gasteiger partial charge in [0, 0.05) is 12.4 Å². The molecule has 4 nitrogen and oxygen atoms in total. The van der Waals surface area contributed by atoms with Crippen LogP contribution in [0, 0.1) is 0 Å². The van der Waals surface area contributed by atoms with Gasteiger partial charge in [-0.25, -0.2) is 4.98 Å². The molecule has 0 atom stereocenters. The molecule has 2 heterocycles. The van der Waals surface area contributed by atoms with Crippen LogP contribution in [0.25, 0.3) is 11.3 Å². The second-order valence-electron chi connectivity index (χ2n) is 6.15. The number of methoxy groups -OCH3 is 1. The molecule has 1 aliphatic rings. The standard InChI is InChI=1S/C21H20N2O2/c1-24-21-18(8-4-13-23-21)20-19(9-5-12-22-20)25-17-11-10-15-6-2-3-7-16(15)14-17/h4-5,8-14H,2-3,6-7H2,1H3. The minimum atomic E-state index is 0.538. The first kappa shape index (κ1) is 15.6. The highest BCUT2D eigenvalue weighted by Crippen LogP contribution is 2.36. The van der Waals surface area contributed by atoms with E-state index in [1.54, 1.807) is 19.5 Å². The van der Waals surface area contributed by atoms with Crippen molar-refractivity contribution in [2.75, 3.05) is 7.11 Å². The van der Waals surface area contributed by atoms with Gasteiger partial charge in [-0.2, -0.15) is 0 Å². The SMILES string of the molecule is COc1ncccc1-c1ncccc1Oc1ccc2c(c1)CCCC2.